The van der Waals surface area contributed by atoms with Gasteiger partial charge in [0, 0.05) is 18.9 Å². The third kappa shape index (κ3) is 5.27. The molecule has 0 bridgehead atoms. The molecule has 6 nitrogen and oxygen atoms in total. The van der Waals surface area contributed by atoms with E-state index in [9.17, 15) is 14.7 Å². The van der Waals surface area contributed by atoms with Crippen molar-refractivity contribution in [2.24, 2.45) is 0 Å². The van der Waals surface area contributed by atoms with E-state index in [1.54, 1.807) is 29.4 Å². The number of ketones is 1. The van der Waals surface area contributed by atoms with Crippen molar-refractivity contribution in [1.29, 1.82) is 0 Å². The average Bonchev–Trinajstić information content (AvgIpc) is 3.06. The number of hydrogen-bond donors (Lipinski definition) is 1. The van der Waals surface area contributed by atoms with Gasteiger partial charge in [0.2, 0.25) is 0 Å². The Hall–Kier alpha value is -3.25. The Kier molecular flexibility index (Phi) is 7.73. The molecule has 0 saturated heterocycles. The highest BCUT2D eigenvalue weighted by atomic mass is 16.3. The van der Waals surface area contributed by atoms with Crippen molar-refractivity contribution in [1.82, 2.24) is 14.8 Å². The molecule has 0 aliphatic carbocycles. The Bertz CT molecular complexity index is 950. The quantitative estimate of drug-likeness (QED) is 0.593. The molecule has 3 rings (SSSR count). The maximum Gasteiger partial charge on any atom is 0.290 e. The Labute approximate surface area is 183 Å². The van der Waals surface area contributed by atoms with Gasteiger partial charge in [0.05, 0.1) is 11.6 Å². The minimum absolute atomic E-state index is 0.105. The van der Waals surface area contributed by atoms with Crippen molar-refractivity contribution in [3.05, 3.63) is 83.4 Å². The van der Waals surface area contributed by atoms with Gasteiger partial charge in [-0.15, -0.1) is 0 Å². The van der Waals surface area contributed by atoms with E-state index in [4.69, 9.17) is 0 Å². The summed E-state index contributed by atoms with van der Waals surface area (Å²) in [6.45, 7) is 7.37. The van der Waals surface area contributed by atoms with Crippen LogP contribution in [0.5, 0.6) is 0 Å². The largest absolute Gasteiger partial charge is 0.503 e. The number of amides is 1. The zero-order chi connectivity index (χ0) is 22.2. The fraction of sp³-hybridized carbons (Fsp3) is 0.320. The van der Waals surface area contributed by atoms with Gasteiger partial charge < -0.3 is 14.9 Å². The molecule has 2 heterocycles. The van der Waals surface area contributed by atoms with Crippen molar-refractivity contribution in [3.8, 4) is 0 Å². The van der Waals surface area contributed by atoms with Crippen LogP contribution in [0, 0.1) is 0 Å². The Morgan fingerprint density at radius 2 is 1.90 bits per heavy atom. The molecule has 1 aromatic heterocycles. The summed E-state index contributed by atoms with van der Waals surface area (Å²) in [6, 6.07) is 12.4. The number of aliphatic hydroxyl groups is 1. The minimum atomic E-state index is -0.647. The maximum absolute atomic E-state index is 13.1. The fourth-order valence-corrected chi connectivity index (χ4v) is 3.85. The second-order valence-electron chi connectivity index (χ2n) is 7.44. The second-order valence-corrected chi connectivity index (χ2v) is 7.44. The number of pyridine rings is 1. The first-order valence-electron chi connectivity index (χ1n) is 10.7. The van der Waals surface area contributed by atoms with Crippen molar-refractivity contribution >= 4 is 17.8 Å². The van der Waals surface area contributed by atoms with E-state index in [2.05, 4.69) is 23.7 Å². The maximum atomic E-state index is 13.1. The van der Waals surface area contributed by atoms with Crippen LogP contribution < -0.4 is 0 Å². The molecule has 2 aromatic rings. The number of allylic oxidation sites excluding steroid dienone is 1. The highest BCUT2D eigenvalue weighted by Gasteiger charge is 2.42. The van der Waals surface area contributed by atoms with Gasteiger partial charge in [0.25, 0.3) is 5.91 Å². The van der Waals surface area contributed by atoms with E-state index in [0.717, 1.165) is 31.6 Å². The third-order valence-electron chi connectivity index (χ3n) is 5.56. The summed E-state index contributed by atoms with van der Waals surface area (Å²) in [5, 5.41) is 10.6. The molecule has 162 valence electrons. The van der Waals surface area contributed by atoms with E-state index in [1.165, 1.54) is 6.08 Å². The number of hydrogen-bond acceptors (Lipinski definition) is 5. The molecule has 1 unspecified atom stereocenters. The second kappa shape index (κ2) is 10.7. The van der Waals surface area contributed by atoms with Gasteiger partial charge in [-0.1, -0.05) is 56.3 Å². The molecule has 0 fully saturated rings. The predicted octanol–water partition coefficient (Wildman–Crippen LogP) is 3.79. The lowest BCUT2D eigenvalue weighted by Gasteiger charge is -2.27. The Balaban J connectivity index is 1.86. The summed E-state index contributed by atoms with van der Waals surface area (Å²) in [7, 11) is 0. The van der Waals surface area contributed by atoms with Gasteiger partial charge in [-0.2, -0.15) is 0 Å². The van der Waals surface area contributed by atoms with Gasteiger partial charge in [0.1, 0.15) is 0 Å². The molecule has 1 aliphatic rings. The molecule has 1 atom stereocenters. The van der Waals surface area contributed by atoms with E-state index in [0.29, 0.717) is 12.1 Å². The SMILES string of the molecule is CCN(CC)CCCN1C(=O)C(O)=C(C(=O)/C=C/c2ccccc2)C1c1cccnc1. The normalized spacial score (nSPS) is 16.7. The summed E-state index contributed by atoms with van der Waals surface area (Å²) in [5.41, 5.74) is 1.68. The summed E-state index contributed by atoms with van der Waals surface area (Å²) < 4.78 is 0. The van der Waals surface area contributed by atoms with Crippen LogP contribution in [-0.4, -0.2) is 57.8 Å². The number of nitrogens with zero attached hydrogens (tertiary/aromatic N) is 3. The van der Waals surface area contributed by atoms with E-state index >= 15 is 0 Å². The number of benzene rings is 1. The smallest absolute Gasteiger partial charge is 0.290 e. The number of carbonyl (C=O) groups is 2. The molecule has 1 amide bonds. The lowest BCUT2D eigenvalue weighted by molar-refractivity contribution is -0.129. The van der Waals surface area contributed by atoms with Crippen molar-refractivity contribution in [2.75, 3.05) is 26.2 Å². The molecule has 6 heteroatoms. The monoisotopic (exact) mass is 419 g/mol. The molecule has 1 N–H and O–H groups in total. The average molecular weight is 420 g/mol. The van der Waals surface area contributed by atoms with Gasteiger partial charge in [-0.25, -0.2) is 0 Å². The van der Waals surface area contributed by atoms with E-state index in [-0.39, 0.29) is 11.4 Å². The molecule has 1 aromatic carbocycles. The number of aliphatic hydroxyl groups excluding tert-OH is 1. The lowest BCUT2D eigenvalue weighted by atomic mass is 9.96. The standard InChI is InChI=1S/C25H29N3O3/c1-3-27(4-2)16-9-17-28-23(20-12-8-15-26-18-20)22(24(30)25(28)31)21(29)14-13-19-10-6-5-7-11-19/h5-8,10-15,18,23,30H,3-4,9,16-17H2,1-2H3/b14-13+. The molecular formula is C25H29N3O3. The molecule has 1 aliphatic heterocycles. The Morgan fingerprint density at radius 1 is 1.16 bits per heavy atom. The summed E-state index contributed by atoms with van der Waals surface area (Å²) >= 11 is 0. The van der Waals surface area contributed by atoms with Crippen LogP contribution in [0.15, 0.2) is 72.3 Å². The first kappa shape index (κ1) is 22.4. The van der Waals surface area contributed by atoms with Crippen LogP contribution in [0.25, 0.3) is 6.08 Å². The van der Waals surface area contributed by atoms with E-state index in [1.807, 2.05) is 36.4 Å². The highest BCUT2D eigenvalue weighted by molar-refractivity contribution is 6.14. The van der Waals surface area contributed by atoms with Gasteiger partial charge in [0.15, 0.2) is 11.5 Å². The van der Waals surface area contributed by atoms with Crippen LogP contribution in [-0.2, 0) is 9.59 Å². The minimum Gasteiger partial charge on any atom is -0.503 e. The van der Waals surface area contributed by atoms with Crippen molar-refractivity contribution in [2.45, 2.75) is 26.3 Å². The number of carbonyl (C=O) groups excluding carboxylic acids is 2. The molecule has 0 saturated carbocycles. The number of aromatic nitrogens is 1. The van der Waals surface area contributed by atoms with Crippen LogP contribution in [0.3, 0.4) is 0 Å². The van der Waals surface area contributed by atoms with Crippen LogP contribution in [0.1, 0.15) is 37.4 Å². The summed E-state index contributed by atoms with van der Waals surface area (Å²) in [5.74, 6) is -1.36. The van der Waals surface area contributed by atoms with Crippen LogP contribution in [0.2, 0.25) is 0 Å². The van der Waals surface area contributed by atoms with E-state index < -0.39 is 17.7 Å². The Morgan fingerprint density at radius 3 is 2.55 bits per heavy atom. The van der Waals surface area contributed by atoms with Gasteiger partial charge in [-0.3, -0.25) is 14.6 Å². The zero-order valence-electron chi connectivity index (χ0n) is 18.1. The van der Waals surface area contributed by atoms with Crippen LogP contribution in [0.4, 0.5) is 0 Å². The molecule has 31 heavy (non-hydrogen) atoms. The van der Waals surface area contributed by atoms with Crippen LogP contribution >= 0.6 is 0 Å². The molecule has 0 spiro atoms. The fourth-order valence-electron chi connectivity index (χ4n) is 3.85. The van der Waals surface area contributed by atoms with Crippen molar-refractivity contribution < 1.29 is 14.7 Å². The lowest BCUT2D eigenvalue weighted by Crippen LogP contribution is -2.34. The molecular weight excluding hydrogens is 390 g/mol. The topological polar surface area (TPSA) is 73.7 Å². The first-order valence-corrected chi connectivity index (χ1v) is 10.7. The first-order chi connectivity index (χ1) is 15.1. The molecule has 0 radical (unpaired) electrons. The highest BCUT2D eigenvalue weighted by Crippen LogP contribution is 2.37. The zero-order valence-corrected chi connectivity index (χ0v) is 18.1. The summed E-state index contributed by atoms with van der Waals surface area (Å²) in [6.07, 6.45) is 7.14. The summed E-state index contributed by atoms with van der Waals surface area (Å²) in [4.78, 5) is 34.0. The van der Waals surface area contributed by atoms with Crippen molar-refractivity contribution in [3.63, 3.8) is 0 Å². The van der Waals surface area contributed by atoms with Gasteiger partial charge in [-0.05, 0) is 49.3 Å². The third-order valence-corrected chi connectivity index (χ3v) is 5.56. The predicted molar refractivity (Wildman–Crippen MR) is 121 cm³/mol. The number of rotatable bonds is 10. The van der Waals surface area contributed by atoms with Gasteiger partial charge >= 0.3 is 0 Å².